The summed E-state index contributed by atoms with van der Waals surface area (Å²) in [4.78, 5) is 11.4. The molecule has 1 aliphatic heterocycles. The molecule has 23 heavy (non-hydrogen) atoms. The summed E-state index contributed by atoms with van der Waals surface area (Å²) in [6, 6.07) is 3.44. The van der Waals surface area contributed by atoms with Crippen LogP contribution in [0.2, 0.25) is 5.02 Å². The van der Waals surface area contributed by atoms with E-state index in [-0.39, 0.29) is 16.5 Å². The molecular weight excluding hydrogens is 346 g/mol. The van der Waals surface area contributed by atoms with E-state index in [0.717, 1.165) is 38.9 Å². The first-order valence-corrected chi connectivity index (χ1v) is 9.11. The van der Waals surface area contributed by atoms with E-state index in [1.807, 2.05) is 0 Å². The Morgan fingerprint density at radius 2 is 2.04 bits per heavy atom. The van der Waals surface area contributed by atoms with Gasteiger partial charge in [-0.1, -0.05) is 11.6 Å². The highest BCUT2D eigenvalue weighted by Crippen LogP contribution is 2.26. The van der Waals surface area contributed by atoms with Gasteiger partial charge >= 0.3 is 0 Å². The van der Waals surface area contributed by atoms with Crippen LogP contribution in [0.1, 0.15) is 6.42 Å². The molecule has 0 spiro atoms. The second kappa shape index (κ2) is 8.02. The topological polar surface area (TPSA) is 103 Å². The maximum atomic E-state index is 12.2. The summed E-state index contributed by atoms with van der Waals surface area (Å²) in [6.45, 7) is 4.45. The van der Waals surface area contributed by atoms with E-state index in [4.69, 9.17) is 16.3 Å². The number of quaternary nitrogens is 1. The molecule has 0 aliphatic carbocycles. The van der Waals surface area contributed by atoms with Crippen molar-refractivity contribution in [3.05, 3.63) is 33.3 Å². The zero-order valence-electron chi connectivity index (χ0n) is 12.5. The standard InChI is InChI=1S/C13H18ClN3O5S/c14-12-3-2-11(10-13(12)17(18)19)23(20,21)15-4-1-5-16-6-8-22-9-7-16/h2-3,10,15H,1,4-9H2/p+1. The lowest BCUT2D eigenvalue weighted by Gasteiger charge is -2.23. The van der Waals surface area contributed by atoms with Gasteiger partial charge < -0.3 is 9.64 Å². The molecule has 1 fully saturated rings. The van der Waals surface area contributed by atoms with Gasteiger partial charge in [0, 0.05) is 19.0 Å². The average Bonchev–Trinajstić information content (AvgIpc) is 2.52. The van der Waals surface area contributed by atoms with Gasteiger partial charge in [0.2, 0.25) is 10.0 Å². The Hall–Kier alpha value is -1.26. The molecule has 10 heteroatoms. The molecule has 0 radical (unpaired) electrons. The molecule has 1 saturated heterocycles. The molecule has 0 bridgehead atoms. The van der Waals surface area contributed by atoms with Crippen LogP contribution in [0.25, 0.3) is 0 Å². The maximum absolute atomic E-state index is 12.2. The van der Waals surface area contributed by atoms with Gasteiger partial charge in [0.25, 0.3) is 5.69 Å². The third-order valence-corrected chi connectivity index (χ3v) is 5.40. The number of hydrogen-bond donors (Lipinski definition) is 2. The van der Waals surface area contributed by atoms with Crippen LogP contribution in [0.4, 0.5) is 5.69 Å². The van der Waals surface area contributed by atoms with Gasteiger partial charge in [-0.2, -0.15) is 0 Å². The lowest BCUT2D eigenvalue weighted by molar-refractivity contribution is -0.908. The van der Waals surface area contributed by atoms with E-state index in [0.29, 0.717) is 6.42 Å². The molecule has 0 unspecified atom stereocenters. The van der Waals surface area contributed by atoms with Crippen molar-refractivity contribution in [2.45, 2.75) is 11.3 Å². The van der Waals surface area contributed by atoms with Gasteiger partial charge in [-0.15, -0.1) is 0 Å². The molecule has 1 aromatic carbocycles. The Labute approximate surface area is 139 Å². The monoisotopic (exact) mass is 364 g/mol. The van der Waals surface area contributed by atoms with Crippen molar-refractivity contribution < 1.29 is 23.0 Å². The van der Waals surface area contributed by atoms with Gasteiger partial charge in [-0.3, -0.25) is 10.1 Å². The van der Waals surface area contributed by atoms with Crippen LogP contribution in [-0.2, 0) is 14.8 Å². The zero-order valence-corrected chi connectivity index (χ0v) is 14.0. The predicted octanol–water partition coefficient (Wildman–Crippen LogP) is -0.168. The van der Waals surface area contributed by atoms with Crippen molar-refractivity contribution in [1.82, 2.24) is 4.72 Å². The van der Waals surface area contributed by atoms with Crippen molar-refractivity contribution in [2.24, 2.45) is 0 Å². The number of ether oxygens (including phenoxy) is 1. The lowest BCUT2D eigenvalue weighted by atomic mass is 10.3. The summed E-state index contributed by atoms with van der Waals surface area (Å²) in [5, 5.41) is 10.7. The Morgan fingerprint density at radius 1 is 1.35 bits per heavy atom. The molecule has 0 atom stereocenters. The van der Waals surface area contributed by atoms with Crippen molar-refractivity contribution in [2.75, 3.05) is 39.4 Å². The first-order chi connectivity index (χ1) is 10.9. The van der Waals surface area contributed by atoms with Crippen LogP contribution < -0.4 is 9.62 Å². The second-order valence-corrected chi connectivity index (χ2v) is 7.41. The van der Waals surface area contributed by atoms with E-state index in [2.05, 4.69) is 4.72 Å². The number of rotatable bonds is 7. The van der Waals surface area contributed by atoms with Gasteiger partial charge in [0.15, 0.2) is 0 Å². The molecule has 1 heterocycles. The fraction of sp³-hybridized carbons (Fsp3) is 0.538. The van der Waals surface area contributed by atoms with Crippen molar-refractivity contribution in [1.29, 1.82) is 0 Å². The molecular formula is C13H19ClN3O5S+. The summed E-state index contributed by atoms with van der Waals surface area (Å²) in [5.74, 6) is 0. The smallest absolute Gasteiger partial charge is 0.289 e. The highest BCUT2D eigenvalue weighted by molar-refractivity contribution is 7.89. The lowest BCUT2D eigenvalue weighted by Crippen LogP contribution is -3.14. The minimum atomic E-state index is -3.78. The van der Waals surface area contributed by atoms with Crippen LogP contribution in [0.5, 0.6) is 0 Å². The number of sulfonamides is 1. The number of halogens is 1. The Kier molecular flexibility index (Phi) is 6.31. The van der Waals surface area contributed by atoms with Gasteiger partial charge in [-0.25, -0.2) is 13.1 Å². The number of nitrogens with one attached hydrogen (secondary N) is 2. The van der Waals surface area contributed by atoms with E-state index in [9.17, 15) is 18.5 Å². The van der Waals surface area contributed by atoms with Crippen LogP contribution >= 0.6 is 11.6 Å². The third kappa shape index (κ3) is 5.11. The summed E-state index contributed by atoms with van der Waals surface area (Å²) < 4.78 is 32.1. The molecule has 2 N–H and O–H groups in total. The van der Waals surface area contributed by atoms with E-state index in [1.165, 1.54) is 17.0 Å². The van der Waals surface area contributed by atoms with E-state index < -0.39 is 20.6 Å². The van der Waals surface area contributed by atoms with Crippen molar-refractivity contribution >= 4 is 27.3 Å². The molecule has 2 rings (SSSR count). The van der Waals surface area contributed by atoms with E-state index >= 15 is 0 Å². The minimum absolute atomic E-state index is 0.0927. The van der Waals surface area contributed by atoms with Crippen LogP contribution in [-0.4, -0.2) is 52.7 Å². The highest BCUT2D eigenvalue weighted by atomic mass is 35.5. The molecule has 1 aliphatic rings. The largest absolute Gasteiger partial charge is 0.370 e. The van der Waals surface area contributed by atoms with Crippen LogP contribution in [0, 0.1) is 10.1 Å². The summed E-state index contributed by atoms with van der Waals surface area (Å²) in [5.41, 5.74) is -0.424. The molecule has 0 amide bonds. The molecule has 0 aromatic heterocycles. The summed E-state index contributed by atoms with van der Waals surface area (Å²) >= 11 is 5.68. The Bertz CT molecular complexity index is 662. The summed E-state index contributed by atoms with van der Waals surface area (Å²) in [6.07, 6.45) is 0.685. The average molecular weight is 365 g/mol. The molecule has 8 nitrogen and oxygen atoms in total. The molecule has 0 saturated carbocycles. The first-order valence-electron chi connectivity index (χ1n) is 7.25. The first kappa shape index (κ1) is 18.1. The predicted molar refractivity (Wildman–Crippen MR) is 84.3 cm³/mol. The molecule has 128 valence electrons. The van der Waals surface area contributed by atoms with Crippen LogP contribution in [0.15, 0.2) is 23.1 Å². The Morgan fingerprint density at radius 3 is 2.70 bits per heavy atom. The molecule has 1 aromatic rings. The fourth-order valence-corrected chi connectivity index (χ4v) is 3.62. The maximum Gasteiger partial charge on any atom is 0.289 e. The number of nitrogens with zero attached hydrogens (tertiary/aromatic N) is 1. The third-order valence-electron chi connectivity index (χ3n) is 3.62. The number of nitro groups is 1. The normalized spacial score (nSPS) is 16.4. The zero-order chi connectivity index (χ0) is 16.9. The number of benzene rings is 1. The van der Waals surface area contributed by atoms with E-state index in [1.54, 1.807) is 0 Å². The van der Waals surface area contributed by atoms with Gasteiger partial charge in [-0.05, 0) is 12.1 Å². The number of hydrogen-bond acceptors (Lipinski definition) is 5. The van der Waals surface area contributed by atoms with Gasteiger partial charge in [0.1, 0.15) is 18.1 Å². The SMILES string of the molecule is O=[N+]([O-])c1cc(S(=O)(=O)NCCC[NH+]2CCOCC2)ccc1Cl. The van der Waals surface area contributed by atoms with Crippen LogP contribution in [0.3, 0.4) is 0 Å². The second-order valence-electron chi connectivity index (χ2n) is 5.23. The van der Waals surface area contributed by atoms with Crippen molar-refractivity contribution in [3.63, 3.8) is 0 Å². The quantitative estimate of drug-likeness (QED) is 0.397. The number of morpholine rings is 1. The fourth-order valence-electron chi connectivity index (χ4n) is 2.34. The summed E-state index contributed by atoms with van der Waals surface area (Å²) in [7, 11) is -3.78. The minimum Gasteiger partial charge on any atom is -0.370 e. The highest BCUT2D eigenvalue weighted by Gasteiger charge is 2.20. The number of nitro benzene ring substituents is 1. The Balaban J connectivity index is 1.91. The van der Waals surface area contributed by atoms with Crippen molar-refractivity contribution in [3.8, 4) is 0 Å². The van der Waals surface area contributed by atoms with Gasteiger partial charge in [0.05, 0.1) is 29.6 Å².